The summed E-state index contributed by atoms with van der Waals surface area (Å²) in [5, 5.41) is 3.46. The van der Waals surface area contributed by atoms with Crippen LogP contribution in [0.15, 0.2) is 0 Å². The Kier molecular flexibility index (Phi) is 4.64. The van der Waals surface area contributed by atoms with Crippen molar-refractivity contribution in [1.82, 2.24) is 15.1 Å². The predicted octanol–water partition coefficient (Wildman–Crippen LogP) is 0.779. The van der Waals surface area contributed by atoms with E-state index in [2.05, 4.69) is 42.9 Å². The van der Waals surface area contributed by atoms with Gasteiger partial charge in [-0.1, -0.05) is 0 Å². The molecule has 0 saturated carbocycles. The van der Waals surface area contributed by atoms with Crippen LogP contribution in [0.4, 0.5) is 0 Å². The third kappa shape index (κ3) is 3.23. The minimum atomic E-state index is 0.303. The molecular weight excluding hydrogens is 226 g/mol. The molecule has 4 heteroatoms. The Morgan fingerprint density at radius 3 is 2.33 bits per heavy atom. The molecule has 0 amide bonds. The Morgan fingerprint density at radius 2 is 1.78 bits per heavy atom. The topological polar surface area (TPSA) is 27.7 Å². The van der Waals surface area contributed by atoms with Crippen LogP contribution in [0, 0.1) is 0 Å². The van der Waals surface area contributed by atoms with Crippen molar-refractivity contribution in [3.63, 3.8) is 0 Å². The summed E-state index contributed by atoms with van der Waals surface area (Å²) in [5.41, 5.74) is 0.303. The van der Waals surface area contributed by atoms with E-state index in [4.69, 9.17) is 4.74 Å². The zero-order valence-electron chi connectivity index (χ0n) is 12.4. The molecule has 0 aromatic heterocycles. The van der Waals surface area contributed by atoms with E-state index >= 15 is 0 Å². The van der Waals surface area contributed by atoms with Gasteiger partial charge in [0.15, 0.2) is 0 Å². The SMILES string of the molecule is CNC1CCOCC1N1CCN(C(C)(C)C)CC1. The third-order valence-corrected chi connectivity index (χ3v) is 4.43. The summed E-state index contributed by atoms with van der Waals surface area (Å²) in [4.78, 5) is 5.20. The van der Waals surface area contributed by atoms with Gasteiger partial charge in [-0.3, -0.25) is 9.80 Å². The van der Waals surface area contributed by atoms with Gasteiger partial charge in [0.1, 0.15) is 0 Å². The zero-order chi connectivity index (χ0) is 13.2. The summed E-state index contributed by atoms with van der Waals surface area (Å²) in [5.74, 6) is 0. The Morgan fingerprint density at radius 1 is 1.11 bits per heavy atom. The number of ether oxygens (including phenoxy) is 1. The highest BCUT2D eigenvalue weighted by Crippen LogP contribution is 2.20. The standard InChI is InChI=1S/C14H29N3O/c1-14(2,3)17-8-6-16(7-9-17)13-11-18-10-5-12(13)15-4/h12-13,15H,5-11H2,1-4H3. The molecule has 0 aromatic carbocycles. The highest BCUT2D eigenvalue weighted by Gasteiger charge is 2.33. The van der Waals surface area contributed by atoms with Crippen LogP contribution in [0.3, 0.4) is 0 Å². The number of rotatable bonds is 2. The van der Waals surface area contributed by atoms with Crippen LogP contribution in [0.25, 0.3) is 0 Å². The van der Waals surface area contributed by atoms with Gasteiger partial charge >= 0.3 is 0 Å². The molecule has 2 rings (SSSR count). The van der Waals surface area contributed by atoms with Crippen molar-refractivity contribution in [3.05, 3.63) is 0 Å². The van der Waals surface area contributed by atoms with Crippen LogP contribution in [0.1, 0.15) is 27.2 Å². The van der Waals surface area contributed by atoms with Gasteiger partial charge in [-0.2, -0.15) is 0 Å². The van der Waals surface area contributed by atoms with Gasteiger partial charge < -0.3 is 10.1 Å². The van der Waals surface area contributed by atoms with Gasteiger partial charge in [-0.25, -0.2) is 0 Å². The average molecular weight is 255 g/mol. The fourth-order valence-electron chi connectivity index (χ4n) is 3.14. The molecule has 0 radical (unpaired) electrons. The maximum atomic E-state index is 5.67. The van der Waals surface area contributed by atoms with Crippen LogP contribution >= 0.6 is 0 Å². The molecule has 2 fully saturated rings. The number of nitrogens with one attached hydrogen (secondary N) is 1. The fourth-order valence-corrected chi connectivity index (χ4v) is 3.14. The fraction of sp³-hybridized carbons (Fsp3) is 1.00. The second-order valence-corrected chi connectivity index (χ2v) is 6.52. The van der Waals surface area contributed by atoms with E-state index in [1.807, 2.05) is 0 Å². The lowest BCUT2D eigenvalue weighted by molar-refractivity contribution is -0.0301. The Bertz CT molecular complexity index is 256. The van der Waals surface area contributed by atoms with Crippen LogP contribution in [0.2, 0.25) is 0 Å². The monoisotopic (exact) mass is 255 g/mol. The van der Waals surface area contributed by atoms with E-state index in [9.17, 15) is 0 Å². The highest BCUT2D eigenvalue weighted by atomic mass is 16.5. The molecule has 2 atom stereocenters. The highest BCUT2D eigenvalue weighted by molar-refractivity contribution is 4.90. The van der Waals surface area contributed by atoms with E-state index in [1.54, 1.807) is 0 Å². The van der Waals surface area contributed by atoms with Crippen LogP contribution in [0.5, 0.6) is 0 Å². The quantitative estimate of drug-likeness (QED) is 0.789. The van der Waals surface area contributed by atoms with Crippen molar-refractivity contribution in [3.8, 4) is 0 Å². The van der Waals surface area contributed by atoms with Crippen molar-refractivity contribution in [2.75, 3.05) is 46.4 Å². The Hall–Kier alpha value is -0.160. The van der Waals surface area contributed by atoms with E-state index in [1.165, 1.54) is 26.2 Å². The first-order valence-corrected chi connectivity index (χ1v) is 7.26. The second-order valence-electron chi connectivity index (χ2n) is 6.52. The van der Waals surface area contributed by atoms with Crippen molar-refractivity contribution in [1.29, 1.82) is 0 Å². The normalized spacial score (nSPS) is 32.7. The molecule has 2 aliphatic heterocycles. The van der Waals surface area contributed by atoms with Crippen molar-refractivity contribution in [2.24, 2.45) is 0 Å². The summed E-state index contributed by atoms with van der Waals surface area (Å²) < 4.78 is 5.67. The molecule has 4 nitrogen and oxygen atoms in total. The summed E-state index contributed by atoms with van der Waals surface area (Å²) in [6, 6.07) is 1.16. The smallest absolute Gasteiger partial charge is 0.0637 e. The summed E-state index contributed by atoms with van der Waals surface area (Å²) in [7, 11) is 2.08. The minimum absolute atomic E-state index is 0.303. The van der Waals surface area contributed by atoms with E-state index in [0.29, 0.717) is 17.6 Å². The number of nitrogens with zero attached hydrogens (tertiary/aromatic N) is 2. The van der Waals surface area contributed by atoms with Crippen molar-refractivity contribution < 1.29 is 4.74 Å². The van der Waals surface area contributed by atoms with E-state index in [0.717, 1.165) is 19.6 Å². The molecule has 2 aliphatic rings. The first kappa shape index (κ1) is 14.3. The van der Waals surface area contributed by atoms with Gasteiger partial charge in [0, 0.05) is 50.4 Å². The molecule has 18 heavy (non-hydrogen) atoms. The molecule has 106 valence electrons. The summed E-state index contributed by atoms with van der Waals surface area (Å²) in [6.07, 6.45) is 1.14. The number of hydrogen-bond acceptors (Lipinski definition) is 4. The Balaban J connectivity index is 1.88. The lowest BCUT2D eigenvalue weighted by Gasteiger charge is -2.47. The first-order chi connectivity index (χ1) is 8.52. The number of hydrogen-bond donors (Lipinski definition) is 1. The first-order valence-electron chi connectivity index (χ1n) is 7.26. The van der Waals surface area contributed by atoms with Crippen molar-refractivity contribution >= 4 is 0 Å². The van der Waals surface area contributed by atoms with Gasteiger partial charge in [0.05, 0.1) is 6.61 Å². The predicted molar refractivity (Wildman–Crippen MR) is 75.0 cm³/mol. The van der Waals surface area contributed by atoms with E-state index < -0.39 is 0 Å². The zero-order valence-corrected chi connectivity index (χ0v) is 12.4. The summed E-state index contributed by atoms with van der Waals surface area (Å²) >= 11 is 0. The molecule has 2 saturated heterocycles. The largest absolute Gasteiger partial charge is 0.380 e. The second kappa shape index (κ2) is 5.87. The Labute approximate surface area is 112 Å². The van der Waals surface area contributed by atoms with Gasteiger partial charge in [-0.15, -0.1) is 0 Å². The molecule has 2 heterocycles. The number of likely N-dealkylation sites (N-methyl/N-ethyl adjacent to an activating group) is 1. The molecule has 0 bridgehead atoms. The maximum absolute atomic E-state index is 5.67. The minimum Gasteiger partial charge on any atom is -0.380 e. The third-order valence-electron chi connectivity index (χ3n) is 4.43. The van der Waals surface area contributed by atoms with E-state index in [-0.39, 0.29) is 0 Å². The lowest BCUT2D eigenvalue weighted by atomic mass is 9.99. The molecule has 0 aromatic rings. The maximum Gasteiger partial charge on any atom is 0.0637 e. The van der Waals surface area contributed by atoms with Crippen LogP contribution < -0.4 is 5.32 Å². The van der Waals surface area contributed by atoms with Gasteiger partial charge in [0.25, 0.3) is 0 Å². The molecule has 2 unspecified atom stereocenters. The average Bonchev–Trinajstić information content (AvgIpc) is 2.38. The lowest BCUT2D eigenvalue weighted by Crippen LogP contribution is -2.61. The molecule has 0 aliphatic carbocycles. The molecule has 1 N–H and O–H groups in total. The summed E-state index contributed by atoms with van der Waals surface area (Å²) in [6.45, 7) is 13.4. The van der Waals surface area contributed by atoms with Crippen molar-refractivity contribution in [2.45, 2.75) is 44.8 Å². The van der Waals surface area contributed by atoms with Crippen LogP contribution in [-0.4, -0.2) is 73.9 Å². The molecular formula is C14H29N3O. The van der Waals surface area contributed by atoms with Gasteiger partial charge in [0.2, 0.25) is 0 Å². The van der Waals surface area contributed by atoms with Gasteiger partial charge in [-0.05, 0) is 34.2 Å². The molecule has 0 spiro atoms. The van der Waals surface area contributed by atoms with Crippen LogP contribution in [-0.2, 0) is 4.74 Å². The number of piperazine rings is 1.